The minimum atomic E-state index is -0.348. The molecule has 0 aromatic heterocycles. The van der Waals surface area contributed by atoms with Crippen molar-refractivity contribution in [3.8, 4) is 0 Å². The van der Waals surface area contributed by atoms with Crippen LogP contribution in [0.2, 0.25) is 0 Å². The summed E-state index contributed by atoms with van der Waals surface area (Å²) < 4.78 is 12.8. The molecule has 20 heavy (non-hydrogen) atoms. The molecule has 1 heterocycles. The molecule has 1 aliphatic rings. The summed E-state index contributed by atoms with van der Waals surface area (Å²) in [6.45, 7) is 0.961. The van der Waals surface area contributed by atoms with Gasteiger partial charge in [0.05, 0.1) is 0 Å². The molecule has 0 fully saturated rings. The van der Waals surface area contributed by atoms with Crippen LogP contribution in [0.4, 0.5) is 15.8 Å². The molecular weight excluding hydrogens is 255 g/mol. The minimum absolute atomic E-state index is 0.235. The third kappa shape index (κ3) is 2.64. The zero-order chi connectivity index (χ0) is 13.9. The van der Waals surface area contributed by atoms with E-state index < -0.39 is 0 Å². The van der Waals surface area contributed by atoms with E-state index in [2.05, 4.69) is 10.6 Å². The zero-order valence-corrected chi connectivity index (χ0v) is 10.9. The van der Waals surface area contributed by atoms with Crippen molar-refractivity contribution in [2.24, 2.45) is 0 Å². The number of hydrogen-bond acceptors (Lipinski definition) is 2. The highest BCUT2D eigenvalue weighted by molar-refractivity contribution is 6.04. The summed E-state index contributed by atoms with van der Waals surface area (Å²) in [6.07, 6.45) is 2.20. The monoisotopic (exact) mass is 270 g/mol. The molecule has 1 aliphatic heterocycles. The van der Waals surface area contributed by atoms with E-state index in [0.717, 1.165) is 30.8 Å². The number of aryl methyl sites for hydroxylation is 1. The highest BCUT2D eigenvalue weighted by Gasteiger charge is 2.11. The van der Waals surface area contributed by atoms with E-state index in [1.54, 1.807) is 0 Å². The lowest BCUT2D eigenvalue weighted by molar-refractivity contribution is 0.102. The molecule has 2 N–H and O–H groups in total. The Morgan fingerprint density at radius 3 is 2.75 bits per heavy atom. The summed E-state index contributed by atoms with van der Waals surface area (Å²) in [4.78, 5) is 12.0. The Balaban J connectivity index is 1.77. The molecule has 0 aliphatic carbocycles. The number of halogens is 1. The Labute approximate surface area is 116 Å². The molecule has 0 saturated heterocycles. The van der Waals surface area contributed by atoms with Crippen molar-refractivity contribution in [3.63, 3.8) is 0 Å². The molecule has 3 nitrogen and oxygen atoms in total. The first-order chi connectivity index (χ1) is 9.72. The molecular formula is C16H15FN2O. The van der Waals surface area contributed by atoms with Gasteiger partial charge in [0.1, 0.15) is 5.82 Å². The Hall–Kier alpha value is -2.36. The average molecular weight is 270 g/mol. The summed E-state index contributed by atoms with van der Waals surface area (Å²) in [5, 5.41) is 6.15. The fourth-order valence-corrected chi connectivity index (χ4v) is 2.34. The molecule has 0 atom stereocenters. The van der Waals surface area contributed by atoms with Crippen LogP contribution in [0, 0.1) is 5.82 Å². The number of anilines is 2. The van der Waals surface area contributed by atoms with E-state index >= 15 is 0 Å². The van der Waals surface area contributed by atoms with E-state index in [1.165, 1.54) is 29.8 Å². The molecule has 0 bridgehead atoms. The number of rotatable bonds is 2. The second kappa shape index (κ2) is 5.33. The van der Waals surface area contributed by atoms with Gasteiger partial charge in [-0.05, 0) is 54.8 Å². The van der Waals surface area contributed by atoms with Crippen LogP contribution >= 0.6 is 0 Å². The van der Waals surface area contributed by atoms with Gasteiger partial charge in [0.15, 0.2) is 0 Å². The number of nitrogens with one attached hydrogen (secondary N) is 2. The molecule has 0 radical (unpaired) electrons. The van der Waals surface area contributed by atoms with Crippen molar-refractivity contribution in [3.05, 3.63) is 59.4 Å². The highest BCUT2D eigenvalue weighted by Crippen LogP contribution is 2.25. The number of amides is 1. The van der Waals surface area contributed by atoms with Gasteiger partial charge in [0, 0.05) is 23.5 Å². The van der Waals surface area contributed by atoms with Crippen LogP contribution in [0.1, 0.15) is 22.3 Å². The van der Waals surface area contributed by atoms with Gasteiger partial charge in [-0.3, -0.25) is 4.79 Å². The van der Waals surface area contributed by atoms with E-state index in [1.807, 2.05) is 18.2 Å². The van der Waals surface area contributed by atoms with Crippen LogP contribution in [-0.2, 0) is 6.42 Å². The van der Waals surface area contributed by atoms with Gasteiger partial charge < -0.3 is 10.6 Å². The standard InChI is InChI=1S/C16H15FN2O/c17-13-6-3-12(4-7-13)16(20)19-14-8-5-11-2-1-9-18-15(11)10-14/h3-8,10,18H,1-2,9H2,(H,19,20). The van der Waals surface area contributed by atoms with Crippen LogP contribution in [-0.4, -0.2) is 12.5 Å². The van der Waals surface area contributed by atoms with Crippen molar-refractivity contribution >= 4 is 17.3 Å². The summed E-state index contributed by atoms with van der Waals surface area (Å²) in [5.41, 5.74) is 3.54. The topological polar surface area (TPSA) is 41.1 Å². The van der Waals surface area contributed by atoms with Crippen molar-refractivity contribution in [2.45, 2.75) is 12.8 Å². The maximum absolute atomic E-state index is 12.8. The molecule has 102 valence electrons. The fourth-order valence-electron chi connectivity index (χ4n) is 2.34. The van der Waals surface area contributed by atoms with Gasteiger partial charge in [-0.15, -0.1) is 0 Å². The third-order valence-corrected chi connectivity index (χ3v) is 3.41. The molecule has 4 heteroatoms. The smallest absolute Gasteiger partial charge is 0.255 e. The van der Waals surface area contributed by atoms with E-state index in [-0.39, 0.29) is 11.7 Å². The Kier molecular flexibility index (Phi) is 3.37. The number of carbonyl (C=O) groups excluding carboxylic acids is 1. The summed E-state index contributed by atoms with van der Waals surface area (Å²) in [6, 6.07) is 11.4. The number of fused-ring (bicyclic) bond motifs is 1. The predicted octanol–water partition coefficient (Wildman–Crippen LogP) is 3.44. The first-order valence-electron chi connectivity index (χ1n) is 6.66. The average Bonchev–Trinajstić information content (AvgIpc) is 2.48. The van der Waals surface area contributed by atoms with E-state index in [4.69, 9.17) is 0 Å². The van der Waals surface area contributed by atoms with Crippen molar-refractivity contribution < 1.29 is 9.18 Å². The minimum Gasteiger partial charge on any atom is -0.385 e. The predicted molar refractivity (Wildman–Crippen MR) is 77.6 cm³/mol. The summed E-state index contributed by atoms with van der Waals surface area (Å²) >= 11 is 0. The first-order valence-corrected chi connectivity index (χ1v) is 6.66. The molecule has 0 spiro atoms. The molecule has 3 rings (SSSR count). The first kappa shape index (κ1) is 12.7. The number of benzene rings is 2. The second-order valence-electron chi connectivity index (χ2n) is 4.86. The Morgan fingerprint density at radius 2 is 1.95 bits per heavy atom. The van der Waals surface area contributed by atoms with E-state index in [9.17, 15) is 9.18 Å². The van der Waals surface area contributed by atoms with Crippen LogP contribution in [0.5, 0.6) is 0 Å². The Bertz CT molecular complexity index is 637. The lowest BCUT2D eigenvalue weighted by atomic mass is 10.0. The van der Waals surface area contributed by atoms with Gasteiger partial charge in [-0.25, -0.2) is 4.39 Å². The van der Waals surface area contributed by atoms with Gasteiger partial charge in [0.2, 0.25) is 0 Å². The zero-order valence-electron chi connectivity index (χ0n) is 10.9. The van der Waals surface area contributed by atoms with Gasteiger partial charge in [-0.1, -0.05) is 6.07 Å². The lowest BCUT2D eigenvalue weighted by Gasteiger charge is -2.18. The normalized spacial score (nSPS) is 13.2. The van der Waals surface area contributed by atoms with Crippen molar-refractivity contribution in [1.82, 2.24) is 0 Å². The molecule has 1 amide bonds. The summed E-state index contributed by atoms with van der Waals surface area (Å²) in [7, 11) is 0. The maximum Gasteiger partial charge on any atom is 0.255 e. The molecule has 2 aromatic rings. The van der Waals surface area contributed by atoms with Gasteiger partial charge in [0.25, 0.3) is 5.91 Å². The van der Waals surface area contributed by atoms with Crippen molar-refractivity contribution in [1.29, 1.82) is 0 Å². The number of carbonyl (C=O) groups is 1. The van der Waals surface area contributed by atoms with E-state index in [0.29, 0.717) is 5.56 Å². The highest BCUT2D eigenvalue weighted by atomic mass is 19.1. The largest absolute Gasteiger partial charge is 0.385 e. The second-order valence-corrected chi connectivity index (χ2v) is 4.86. The SMILES string of the molecule is O=C(Nc1ccc2c(c1)NCCC2)c1ccc(F)cc1. The third-order valence-electron chi connectivity index (χ3n) is 3.41. The molecule has 0 saturated carbocycles. The molecule has 2 aromatic carbocycles. The Morgan fingerprint density at radius 1 is 1.15 bits per heavy atom. The van der Waals surface area contributed by atoms with Gasteiger partial charge >= 0.3 is 0 Å². The van der Waals surface area contributed by atoms with Crippen molar-refractivity contribution in [2.75, 3.05) is 17.2 Å². The van der Waals surface area contributed by atoms with Crippen LogP contribution in [0.3, 0.4) is 0 Å². The quantitative estimate of drug-likeness (QED) is 0.877. The maximum atomic E-state index is 12.8. The van der Waals surface area contributed by atoms with Crippen LogP contribution in [0.15, 0.2) is 42.5 Å². The lowest BCUT2D eigenvalue weighted by Crippen LogP contribution is -2.14. The number of hydrogen-bond donors (Lipinski definition) is 2. The summed E-state index contributed by atoms with van der Waals surface area (Å²) in [5.74, 6) is -0.583. The molecule has 0 unspecified atom stereocenters. The van der Waals surface area contributed by atoms with Gasteiger partial charge in [-0.2, -0.15) is 0 Å². The fraction of sp³-hybridized carbons (Fsp3) is 0.188. The van der Waals surface area contributed by atoms with Crippen LogP contribution in [0.25, 0.3) is 0 Å². The van der Waals surface area contributed by atoms with Crippen LogP contribution < -0.4 is 10.6 Å².